The Morgan fingerprint density at radius 1 is 1.24 bits per heavy atom. The predicted octanol–water partition coefficient (Wildman–Crippen LogP) is 3.68. The largest absolute Gasteiger partial charge is 0.395 e. The summed E-state index contributed by atoms with van der Waals surface area (Å²) < 4.78 is 0. The number of aliphatic hydroxyl groups is 1. The highest BCUT2D eigenvalue weighted by atomic mass is 32.1. The highest BCUT2D eigenvalue weighted by Gasteiger charge is 2.40. The molecule has 0 amide bonds. The first-order chi connectivity index (χ1) is 13.8. The van der Waals surface area contributed by atoms with Crippen LogP contribution >= 0.6 is 12.2 Å². The SMILES string of the molecule is CC1=CC(C)(C)N(C)c2ccc([C@@H]3[C@@H](c4ccccn4)NC(=S)N3CCO)cc21. The van der Waals surface area contributed by atoms with Crippen LogP contribution in [-0.2, 0) is 0 Å². The van der Waals surface area contributed by atoms with Crippen molar-refractivity contribution in [3.8, 4) is 0 Å². The first-order valence-electron chi connectivity index (χ1n) is 10.00. The molecule has 3 heterocycles. The molecule has 0 saturated carbocycles. The van der Waals surface area contributed by atoms with Crippen LogP contribution in [0.15, 0.2) is 48.7 Å². The number of β-amino-alcohol motifs (C(OH)–C–C–N with tert-alkyl or cyclic N) is 1. The molecule has 2 aliphatic rings. The Kier molecular flexibility index (Phi) is 5.09. The molecule has 2 aromatic rings. The molecule has 1 aromatic carbocycles. The molecule has 5 nitrogen and oxygen atoms in total. The molecule has 2 N–H and O–H groups in total. The Balaban J connectivity index is 1.80. The molecule has 1 saturated heterocycles. The van der Waals surface area contributed by atoms with Crippen molar-refractivity contribution in [2.75, 3.05) is 25.1 Å². The first-order valence-corrected chi connectivity index (χ1v) is 10.4. The van der Waals surface area contributed by atoms with E-state index in [-0.39, 0.29) is 24.2 Å². The average molecular weight is 409 g/mol. The van der Waals surface area contributed by atoms with E-state index in [1.165, 1.54) is 22.4 Å². The number of pyridine rings is 1. The lowest BCUT2D eigenvalue weighted by atomic mass is 9.86. The van der Waals surface area contributed by atoms with Gasteiger partial charge in [0.1, 0.15) is 0 Å². The molecule has 1 aromatic heterocycles. The fourth-order valence-electron chi connectivity index (χ4n) is 4.48. The number of rotatable bonds is 4. The second kappa shape index (κ2) is 7.43. The Bertz CT molecular complexity index is 957. The number of fused-ring (bicyclic) bond motifs is 1. The number of likely N-dealkylation sites (N-methyl/N-ethyl adjacent to an activating group) is 1. The third-order valence-electron chi connectivity index (χ3n) is 6.12. The highest BCUT2D eigenvalue weighted by molar-refractivity contribution is 7.80. The zero-order valence-electron chi connectivity index (χ0n) is 17.4. The van der Waals surface area contributed by atoms with Crippen LogP contribution in [0.4, 0.5) is 5.69 Å². The molecule has 4 rings (SSSR count). The van der Waals surface area contributed by atoms with E-state index in [0.717, 1.165) is 5.69 Å². The number of aliphatic hydroxyl groups excluding tert-OH is 1. The van der Waals surface area contributed by atoms with Crippen LogP contribution in [0.1, 0.15) is 49.7 Å². The van der Waals surface area contributed by atoms with E-state index in [1.54, 1.807) is 0 Å². The summed E-state index contributed by atoms with van der Waals surface area (Å²) in [6.07, 6.45) is 4.13. The second-order valence-corrected chi connectivity index (χ2v) is 8.75. The van der Waals surface area contributed by atoms with Gasteiger partial charge in [-0.1, -0.05) is 18.2 Å². The molecule has 0 aliphatic carbocycles. The molecule has 152 valence electrons. The zero-order chi connectivity index (χ0) is 20.8. The van der Waals surface area contributed by atoms with Crippen LogP contribution in [0.5, 0.6) is 0 Å². The van der Waals surface area contributed by atoms with Gasteiger partial charge in [0.15, 0.2) is 5.11 Å². The molecule has 6 heteroatoms. The number of aromatic nitrogens is 1. The van der Waals surface area contributed by atoms with Crippen LogP contribution in [-0.4, -0.2) is 45.8 Å². The number of nitrogens with zero attached hydrogens (tertiary/aromatic N) is 3. The van der Waals surface area contributed by atoms with E-state index in [0.29, 0.717) is 11.7 Å². The van der Waals surface area contributed by atoms with Crippen molar-refractivity contribution in [3.63, 3.8) is 0 Å². The fourth-order valence-corrected chi connectivity index (χ4v) is 4.81. The van der Waals surface area contributed by atoms with Gasteiger partial charge in [-0.2, -0.15) is 0 Å². The van der Waals surface area contributed by atoms with Crippen LogP contribution < -0.4 is 10.2 Å². The van der Waals surface area contributed by atoms with Gasteiger partial charge in [-0.15, -0.1) is 0 Å². The third-order valence-corrected chi connectivity index (χ3v) is 6.47. The summed E-state index contributed by atoms with van der Waals surface area (Å²) in [7, 11) is 2.14. The van der Waals surface area contributed by atoms with E-state index in [4.69, 9.17) is 12.2 Å². The number of benzene rings is 1. The summed E-state index contributed by atoms with van der Waals surface area (Å²) in [6.45, 7) is 7.17. The normalized spacial score (nSPS) is 22.9. The Labute approximate surface area is 178 Å². The topological polar surface area (TPSA) is 51.6 Å². The summed E-state index contributed by atoms with van der Waals surface area (Å²) in [5, 5.41) is 13.7. The monoisotopic (exact) mass is 408 g/mol. The number of hydrogen-bond donors (Lipinski definition) is 2. The van der Waals surface area contributed by atoms with E-state index < -0.39 is 0 Å². The van der Waals surface area contributed by atoms with Crippen molar-refractivity contribution in [1.29, 1.82) is 0 Å². The van der Waals surface area contributed by atoms with Gasteiger partial charge in [-0.25, -0.2) is 0 Å². The van der Waals surface area contributed by atoms with E-state index in [1.807, 2.05) is 24.4 Å². The van der Waals surface area contributed by atoms with Gasteiger partial charge in [-0.3, -0.25) is 4.98 Å². The zero-order valence-corrected chi connectivity index (χ0v) is 18.2. The molecule has 2 aliphatic heterocycles. The summed E-state index contributed by atoms with van der Waals surface area (Å²) in [5.74, 6) is 0. The number of hydrogen-bond acceptors (Lipinski definition) is 4. The van der Waals surface area contributed by atoms with Crippen molar-refractivity contribution >= 4 is 28.6 Å². The van der Waals surface area contributed by atoms with Crippen LogP contribution in [0, 0.1) is 0 Å². The van der Waals surface area contributed by atoms with Gasteiger partial charge in [0.05, 0.1) is 29.9 Å². The lowest BCUT2D eigenvalue weighted by Crippen LogP contribution is -2.42. The number of thiocarbonyl (C=S) groups is 1. The molecule has 0 spiro atoms. The summed E-state index contributed by atoms with van der Waals surface area (Å²) in [5.41, 5.74) is 5.85. The maximum atomic E-state index is 9.63. The van der Waals surface area contributed by atoms with Crippen molar-refractivity contribution in [1.82, 2.24) is 15.2 Å². The molecule has 2 atom stereocenters. The van der Waals surface area contributed by atoms with Gasteiger partial charge in [0, 0.05) is 31.0 Å². The molecule has 0 unspecified atom stereocenters. The van der Waals surface area contributed by atoms with Crippen molar-refractivity contribution in [2.45, 2.75) is 38.4 Å². The molecular weight excluding hydrogens is 380 g/mol. The average Bonchev–Trinajstić information content (AvgIpc) is 3.03. The first kappa shape index (κ1) is 19.9. The van der Waals surface area contributed by atoms with Gasteiger partial charge >= 0.3 is 0 Å². The highest BCUT2D eigenvalue weighted by Crippen LogP contribution is 2.43. The number of allylic oxidation sites excluding steroid dienone is 1. The van der Waals surface area contributed by atoms with Crippen molar-refractivity contribution in [2.24, 2.45) is 0 Å². The standard InChI is InChI=1S/C23H28N4OS/c1-15-14-23(2,3)26(4)19-9-8-16(13-17(15)19)21-20(18-7-5-6-10-24-18)25-22(29)27(21)11-12-28/h5-10,13-14,20-21,28H,11-12H2,1-4H3,(H,25,29)/t20-,21-/m1/s1. The van der Waals surface area contributed by atoms with Gasteiger partial charge in [0.25, 0.3) is 0 Å². The Morgan fingerprint density at radius 2 is 2.03 bits per heavy atom. The molecule has 0 radical (unpaired) electrons. The predicted molar refractivity (Wildman–Crippen MR) is 122 cm³/mol. The second-order valence-electron chi connectivity index (χ2n) is 8.36. The minimum Gasteiger partial charge on any atom is -0.395 e. The van der Waals surface area contributed by atoms with Gasteiger partial charge < -0.3 is 20.2 Å². The molecular formula is C23H28N4OS. The van der Waals surface area contributed by atoms with Gasteiger partial charge in [-0.05, 0) is 68.4 Å². The van der Waals surface area contributed by atoms with E-state index >= 15 is 0 Å². The lowest BCUT2D eigenvalue weighted by molar-refractivity contribution is 0.223. The molecule has 0 bridgehead atoms. The minimum atomic E-state index is -0.0599. The molecule has 1 fully saturated rings. The maximum Gasteiger partial charge on any atom is 0.170 e. The Morgan fingerprint density at radius 3 is 2.72 bits per heavy atom. The Hall–Kier alpha value is -2.44. The minimum absolute atomic E-state index is 0.0193. The molecule has 29 heavy (non-hydrogen) atoms. The van der Waals surface area contributed by atoms with Crippen molar-refractivity contribution < 1.29 is 5.11 Å². The maximum absolute atomic E-state index is 9.63. The van der Waals surface area contributed by atoms with Crippen LogP contribution in [0.2, 0.25) is 0 Å². The summed E-state index contributed by atoms with van der Waals surface area (Å²) >= 11 is 5.61. The third kappa shape index (κ3) is 3.40. The van der Waals surface area contributed by atoms with Crippen LogP contribution in [0.25, 0.3) is 5.57 Å². The summed E-state index contributed by atoms with van der Waals surface area (Å²) in [4.78, 5) is 8.96. The van der Waals surface area contributed by atoms with E-state index in [2.05, 4.69) is 72.2 Å². The van der Waals surface area contributed by atoms with Crippen molar-refractivity contribution in [3.05, 3.63) is 65.5 Å². The van der Waals surface area contributed by atoms with Gasteiger partial charge in [0.2, 0.25) is 0 Å². The lowest BCUT2D eigenvalue weighted by Gasteiger charge is -2.41. The number of nitrogens with one attached hydrogen (secondary N) is 1. The fraction of sp³-hybridized carbons (Fsp3) is 0.391. The van der Waals surface area contributed by atoms with Crippen LogP contribution in [0.3, 0.4) is 0 Å². The smallest absolute Gasteiger partial charge is 0.170 e. The quantitative estimate of drug-likeness (QED) is 0.753. The number of anilines is 1. The van der Waals surface area contributed by atoms with E-state index in [9.17, 15) is 5.11 Å². The summed E-state index contributed by atoms with van der Waals surface area (Å²) in [6, 6.07) is 12.5.